The Morgan fingerprint density at radius 3 is 2.62 bits per heavy atom. The maximum atomic E-state index is 12.5. The summed E-state index contributed by atoms with van der Waals surface area (Å²) < 4.78 is 0.786. The van der Waals surface area contributed by atoms with Gasteiger partial charge >= 0.3 is 0 Å². The molecular formula is C15H16BrClN2O2. The highest BCUT2D eigenvalue weighted by atomic mass is 79.9. The molecule has 3 rings (SSSR count). The number of nitrogens with one attached hydrogen (secondary N) is 1. The number of benzene rings is 1. The van der Waals surface area contributed by atoms with E-state index in [1.54, 1.807) is 18.2 Å². The third-order valence-electron chi connectivity index (χ3n) is 4.47. The number of hydrogen-bond donors (Lipinski definition) is 1. The van der Waals surface area contributed by atoms with E-state index in [-0.39, 0.29) is 17.2 Å². The lowest BCUT2D eigenvalue weighted by Gasteiger charge is -2.38. The van der Waals surface area contributed by atoms with Crippen LogP contribution in [0, 0.1) is 5.41 Å². The van der Waals surface area contributed by atoms with Gasteiger partial charge in [-0.1, -0.05) is 11.6 Å². The van der Waals surface area contributed by atoms with Crippen molar-refractivity contribution >= 4 is 39.3 Å². The Kier molecular flexibility index (Phi) is 3.97. The van der Waals surface area contributed by atoms with E-state index in [1.165, 1.54) is 0 Å². The van der Waals surface area contributed by atoms with Crippen LogP contribution in [0.25, 0.3) is 0 Å². The van der Waals surface area contributed by atoms with Gasteiger partial charge in [-0.05, 0) is 52.4 Å². The van der Waals surface area contributed by atoms with Gasteiger partial charge in [-0.3, -0.25) is 9.59 Å². The molecule has 2 saturated heterocycles. The van der Waals surface area contributed by atoms with E-state index in [4.69, 9.17) is 11.6 Å². The fourth-order valence-electron chi connectivity index (χ4n) is 3.10. The zero-order valence-corrected chi connectivity index (χ0v) is 13.8. The Balaban J connectivity index is 1.67. The van der Waals surface area contributed by atoms with E-state index in [1.807, 2.05) is 4.90 Å². The molecule has 1 aromatic rings. The highest BCUT2D eigenvalue weighted by Crippen LogP contribution is 2.37. The molecule has 21 heavy (non-hydrogen) atoms. The van der Waals surface area contributed by atoms with Gasteiger partial charge in [-0.25, -0.2) is 0 Å². The van der Waals surface area contributed by atoms with Crippen LogP contribution in [0.3, 0.4) is 0 Å². The van der Waals surface area contributed by atoms with Gasteiger partial charge in [0.05, 0.1) is 5.02 Å². The Bertz CT molecular complexity index is 597. The second-order valence-electron chi connectivity index (χ2n) is 5.87. The molecule has 6 heteroatoms. The Labute approximate surface area is 137 Å². The number of hydrogen-bond acceptors (Lipinski definition) is 2. The second kappa shape index (κ2) is 5.61. The summed E-state index contributed by atoms with van der Waals surface area (Å²) in [6.45, 7) is 2.14. The SMILES string of the molecule is O=C1CC2(CCN(C(=O)c3ccc(Br)c(Cl)c3)CC2)CN1. The van der Waals surface area contributed by atoms with Crippen LogP contribution in [0.4, 0.5) is 0 Å². The molecule has 1 aromatic carbocycles. The standard InChI is InChI=1S/C15H16BrClN2O2/c16-11-2-1-10(7-12(11)17)14(21)19-5-3-15(4-6-19)8-13(20)18-9-15/h1-2,7H,3-6,8-9H2,(H,18,20). The highest BCUT2D eigenvalue weighted by Gasteiger charge is 2.41. The number of halogens is 2. The molecule has 1 N–H and O–H groups in total. The summed E-state index contributed by atoms with van der Waals surface area (Å²) in [6.07, 6.45) is 2.35. The van der Waals surface area contributed by atoms with Gasteiger partial charge in [0.15, 0.2) is 0 Å². The third-order valence-corrected chi connectivity index (χ3v) is 5.71. The first-order chi connectivity index (χ1) is 9.99. The number of amides is 2. The van der Waals surface area contributed by atoms with E-state index in [0.29, 0.717) is 30.1 Å². The minimum absolute atomic E-state index is 0.0107. The first-order valence-electron chi connectivity index (χ1n) is 7.00. The lowest BCUT2D eigenvalue weighted by molar-refractivity contribution is -0.119. The monoisotopic (exact) mass is 370 g/mol. The zero-order valence-electron chi connectivity index (χ0n) is 11.5. The van der Waals surface area contributed by atoms with Crippen molar-refractivity contribution in [3.05, 3.63) is 33.3 Å². The van der Waals surface area contributed by atoms with Gasteiger partial charge in [0, 0.05) is 36.1 Å². The van der Waals surface area contributed by atoms with Crippen LogP contribution < -0.4 is 5.32 Å². The molecule has 1 spiro atoms. The summed E-state index contributed by atoms with van der Waals surface area (Å²) in [5.74, 6) is 0.144. The van der Waals surface area contributed by atoms with Crippen molar-refractivity contribution in [2.24, 2.45) is 5.41 Å². The van der Waals surface area contributed by atoms with E-state index in [0.717, 1.165) is 23.9 Å². The number of nitrogens with zero attached hydrogens (tertiary/aromatic N) is 1. The van der Waals surface area contributed by atoms with Gasteiger partial charge in [-0.15, -0.1) is 0 Å². The van der Waals surface area contributed by atoms with Gasteiger partial charge in [0.25, 0.3) is 5.91 Å². The second-order valence-corrected chi connectivity index (χ2v) is 7.14. The normalized spacial score (nSPS) is 20.7. The van der Waals surface area contributed by atoms with Crippen LogP contribution in [-0.4, -0.2) is 36.3 Å². The average molecular weight is 372 g/mol. The smallest absolute Gasteiger partial charge is 0.253 e. The number of carbonyl (C=O) groups excluding carboxylic acids is 2. The molecular weight excluding hydrogens is 356 g/mol. The largest absolute Gasteiger partial charge is 0.356 e. The highest BCUT2D eigenvalue weighted by molar-refractivity contribution is 9.10. The number of rotatable bonds is 1. The maximum Gasteiger partial charge on any atom is 0.253 e. The zero-order chi connectivity index (χ0) is 15.0. The summed E-state index contributed by atoms with van der Waals surface area (Å²) in [5, 5.41) is 3.45. The fourth-order valence-corrected chi connectivity index (χ4v) is 3.53. The van der Waals surface area contributed by atoms with E-state index in [9.17, 15) is 9.59 Å². The van der Waals surface area contributed by atoms with Crippen LogP contribution in [0.15, 0.2) is 22.7 Å². The van der Waals surface area contributed by atoms with Crippen molar-refractivity contribution in [3.63, 3.8) is 0 Å². The van der Waals surface area contributed by atoms with Crippen molar-refractivity contribution in [1.29, 1.82) is 0 Å². The van der Waals surface area contributed by atoms with Crippen molar-refractivity contribution in [2.45, 2.75) is 19.3 Å². The van der Waals surface area contributed by atoms with Crippen molar-refractivity contribution in [1.82, 2.24) is 10.2 Å². The maximum absolute atomic E-state index is 12.5. The molecule has 4 nitrogen and oxygen atoms in total. The van der Waals surface area contributed by atoms with E-state index in [2.05, 4.69) is 21.2 Å². The van der Waals surface area contributed by atoms with Crippen LogP contribution >= 0.6 is 27.5 Å². The molecule has 0 aromatic heterocycles. The molecule has 0 unspecified atom stereocenters. The molecule has 0 radical (unpaired) electrons. The summed E-state index contributed by atoms with van der Waals surface area (Å²) in [6, 6.07) is 5.27. The number of likely N-dealkylation sites (tertiary alicyclic amines) is 1. The minimum atomic E-state index is 0.0107. The average Bonchev–Trinajstić information content (AvgIpc) is 2.83. The summed E-state index contributed by atoms with van der Waals surface area (Å²) in [7, 11) is 0. The molecule has 2 heterocycles. The van der Waals surface area contributed by atoms with E-state index < -0.39 is 0 Å². The van der Waals surface area contributed by atoms with E-state index >= 15 is 0 Å². The van der Waals surface area contributed by atoms with Crippen molar-refractivity contribution in [2.75, 3.05) is 19.6 Å². The third kappa shape index (κ3) is 2.94. The molecule has 0 bridgehead atoms. The summed E-state index contributed by atoms with van der Waals surface area (Å²) in [4.78, 5) is 25.8. The molecule has 112 valence electrons. The van der Waals surface area contributed by atoms with Gasteiger partial charge in [0.2, 0.25) is 5.91 Å². The quantitative estimate of drug-likeness (QED) is 0.825. The molecule has 0 aliphatic carbocycles. The summed E-state index contributed by atoms with van der Waals surface area (Å²) in [5.41, 5.74) is 0.672. The first-order valence-corrected chi connectivity index (χ1v) is 8.17. The Hall–Kier alpha value is -1.07. The lowest BCUT2D eigenvalue weighted by Crippen LogP contribution is -2.44. The summed E-state index contributed by atoms with van der Waals surface area (Å²) >= 11 is 9.37. The molecule has 2 amide bonds. The predicted octanol–water partition coefficient (Wildman–Crippen LogP) is 2.84. The molecule has 0 saturated carbocycles. The van der Waals surface area contributed by atoms with Crippen LogP contribution in [-0.2, 0) is 4.79 Å². The molecule has 2 fully saturated rings. The van der Waals surface area contributed by atoms with Gasteiger partial charge < -0.3 is 10.2 Å². The Morgan fingerprint density at radius 1 is 1.33 bits per heavy atom. The lowest BCUT2D eigenvalue weighted by atomic mass is 9.77. The van der Waals surface area contributed by atoms with Crippen LogP contribution in [0.2, 0.25) is 5.02 Å². The Morgan fingerprint density at radius 2 is 2.05 bits per heavy atom. The van der Waals surface area contributed by atoms with Crippen molar-refractivity contribution < 1.29 is 9.59 Å². The predicted molar refractivity (Wildman–Crippen MR) is 84.3 cm³/mol. The van der Waals surface area contributed by atoms with Crippen molar-refractivity contribution in [3.8, 4) is 0 Å². The number of piperidine rings is 1. The van der Waals surface area contributed by atoms with Gasteiger partial charge in [-0.2, -0.15) is 0 Å². The molecule has 2 aliphatic rings. The fraction of sp³-hybridized carbons (Fsp3) is 0.467. The number of carbonyl (C=O) groups is 2. The minimum Gasteiger partial charge on any atom is -0.356 e. The topological polar surface area (TPSA) is 49.4 Å². The van der Waals surface area contributed by atoms with Crippen LogP contribution in [0.5, 0.6) is 0 Å². The first kappa shape index (κ1) is 14.9. The molecule has 0 atom stereocenters. The van der Waals surface area contributed by atoms with Crippen LogP contribution in [0.1, 0.15) is 29.6 Å². The molecule has 2 aliphatic heterocycles. The van der Waals surface area contributed by atoms with Gasteiger partial charge in [0.1, 0.15) is 0 Å².